The fraction of sp³-hybridized carbons (Fsp3) is 0.211. The van der Waals surface area contributed by atoms with Gasteiger partial charge in [-0.05, 0) is 44.0 Å². The van der Waals surface area contributed by atoms with E-state index in [2.05, 4.69) is 20.8 Å². The molecule has 0 bridgehead atoms. The molecule has 0 unspecified atom stereocenters. The van der Waals surface area contributed by atoms with Crippen molar-refractivity contribution in [3.8, 4) is 10.4 Å². The molecule has 116 valence electrons. The average Bonchev–Trinajstić information content (AvgIpc) is 2.97. The van der Waals surface area contributed by atoms with Crippen molar-refractivity contribution in [1.82, 2.24) is 0 Å². The van der Waals surface area contributed by atoms with Gasteiger partial charge in [0.15, 0.2) is 0 Å². The van der Waals surface area contributed by atoms with Crippen LogP contribution in [0.4, 0.5) is 0 Å². The number of thiophene rings is 1. The van der Waals surface area contributed by atoms with E-state index >= 15 is 0 Å². The Morgan fingerprint density at radius 1 is 1.09 bits per heavy atom. The number of aliphatic imine (C=N–C) groups is 1. The third kappa shape index (κ3) is 2.27. The molecule has 0 N–H and O–H groups in total. The summed E-state index contributed by atoms with van der Waals surface area (Å²) in [5, 5.41) is 0.740. The molecule has 0 spiro atoms. The molecular weight excluding hydrogens is 326 g/mol. The maximum atomic E-state index is 6.04. The van der Waals surface area contributed by atoms with Gasteiger partial charge >= 0.3 is 0 Å². The minimum absolute atomic E-state index is 0.570. The van der Waals surface area contributed by atoms with E-state index in [1.165, 1.54) is 32.0 Å². The first-order chi connectivity index (χ1) is 11.1. The molecule has 0 saturated heterocycles. The Labute approximate surface area is 144 Å². The Kier molecular flexibility index (Phi) is 3.43. The quantitative estimate of drug-likeness (QED) is 0.538. The fourth-order valence-corrected chi connectivity index (χ4v) is 4.50. The van der Waals surface area contributed by atoms with Gasteiger partial charge in [-0.15, -0.1) is 11.3 Å². The molecule has 0 saturated carbocycles. The van der Waals surface area contributed by atoms with Crippen LogP contribution in [0.3, 0.4) is 0 Å². The van der Waals surface area contributed by atoms with Crippen LogP contribution in [0.5, 0.6) is 0 Å². The topological polar surface area (TPSA) is 25.5 Å². The number of hydrogen-bond acceptors (Lipinski definition) is 3. The van der Waals surface area contributed by atoms with E-state index in [-0.39, 0.29) is 0 Å². The summed E-state index contributed by atoms with van der Waals surface area (Å²) in [4.78, 5) is 7.47. The second kappa shape index (κ2) is 5.36. The summed E-state index contributed by atoms with van der Waals surface area (Å²) in [5.74, 6) is 0.953. The van der Waals surface area contributed by atoms with Crippen LogP contribution in [0.1, 0.15) is 32.9 Å². The van der Waals surface area contributed by atoms with Crippen molar-refractivity contribution >= 4 is 28.6 Å². The Morgan fingerprint density at radius 2 is 1.83 bits per heavy atom. The first-order valence-electron chi connectivity index (χ1n) is 7.54. The number of fused-ring (bicyclic) bond motifs is 3. The van der Waals surface area contributed by atoms with E-state index in [4.69, 9.17) is 21.0 Å². The third-order valence-corrected chi connectivity index (χ3v) is 5.88. The lowest BCUT2D eigenvalue weighted by Crippen LogP contribution is -2.04. The zero-order valence-corrected chi connectivity index (χ0v) is 14.8. The number of benzene rings is 1. The van der Waals surface area contributed by atoms with E-state index in [0.717, 1.165) is 22.1 Å². The van der Waals surface area contributed by atoms with Gasteiger partial charge in [-0.25, -0.2) is 0 Å². The van der Waals surface area contributed by atoms with E-state index in [9.17, 15) is 0 Å². The van der Waals surface area contributed by atoms with Gasteiger partial charge in [0.2, 0.25) is 0 Å². The second-order valence-corrected chi connectivity index (χ2v) is 7.54. The monoisotopic (exact) mass is 341 g/mol. The lowest BCUT2D eigenvalue weighted by Gasteiger charge is -2.08. The van der Waals surface area contributed by atoms with Gasteiger partial charge < -0.3 is 4.42 Å². The van der Waals surface area contributed by atoms with Gasteiger partial charge in [-0.2, -0.15) is 0 Å². The molecule has 2 nitrogen and oxygen atoms in total. The molecular formula is C19H16ClNOS. The molecule has 0 fully saturated rings. The van der Waals surface area contributed by atoms with Crippen molar-refractivity contribution in [1.29, 1.82) is 0 Å². The van der Waals surface area contributed by atoms with Crippen LogP contribution in [0.2, 0.25) is 5.02 Å². The Balaban J connectivity index is 2.00. The average molecular weight is 342 g/mol. The number of nitrogens with zero attached hydrogens (tertiary/aromatic N) is 1. The summed E-state index contributed by atoms with van der Waals surface area (Å²) in [6.45, 7) is 7.02. The van der Waals surface area contributed by atoms with Gasteiger partial charge in [-0.3, -0.25) is 4.99 Å². The highest BCUT2D eigenvalue weighted by Crippen LogP contribution is 2.43. The molecule has 0 amide bonds. The van der Waals surface area contributed by atoms with Crippen LogP contribution in [0.15, 0.2) is 39.9 Å². The number of rotatable bonds is 1. The predicted molar refractivity (Wildman–Crippen MR) is 97.0 cm³/mol. The predicted octanol–water partition coefficient (Wildman–Crippen LogP) is 5.94. The number of aryl methyl sites for hydroxylation is 2. The van der Waals surface area contributed by atoms with Gasteiger partial charge in [-0.1, -0.05) is 23.7 Å². The molecule has 1 aliphatic heterocycles. The van der Waals surface area contributed by atoms with Crippen molar-refractivity contribution in [2.24, 2.45) is 4.99 Å². The number of hydrogen-bond donors (Lipinski definition) is 0. The molecule has 4 rings (SSSR count). The third-order valence-electron chi connectivity index (χ3n) is 4.40. The normalized spacial score (nSPS) is 13.3. The van der Waals surface area contributed by atoms with Gasteiger partial charge in [0, 0.05) is 31.5 Å². The first kappa shape index (κ1) is 14.7. The van der Waals surface area contributed by atoms with Crippen LogP contribution >= 0.6 is 22.9 Å². The van der Waals surface area contributed by atoms with Crippen LogP contribution < -0.4 is 0 Å². The smallest absolute Gasteiger partial charge is 0.134 e. The summed E-state index contributed by atoms with van der Waals surface area (Å²) in [6.07, 6.45) is 1.83. The number of halogens is 1. The largest absolute Gasteiger partial charge is 0.466 e. The van der Waals surface area contributed by atoms with Gasteiger partial charge in [0.05, 0.1) is 18.5 Å². The van der Waals surface area contributed by atoms with Crippen molar-refractivity contribution in [2.75, 3.05) is 0 Å². The Morgan fingerprint density at radius 3 is 2.57 bits per heavy atom. The second-order valence-electron chi connectivity index (χ2n) is 5.88. The van der Waals surface area contributed by atoms with Crippen molar-refractivity contribution in [2.45, 2.75) is 27.3 Å². The van der Waals surface area contributed by atoms with Crippen LogP contribution in [-0.2, 0) is 6.54 Å². The molecule has 0 radical (unpaired) electrons. The summed E-state index contributed by atoms with van der Waals surface area (Å²) in [5.41, 5.74) is 7.05. The molecule has 4 heteroatoms. The summed E-state index contributed by atoms with van der Waals surface area (Å²) < 4.78 is 5.75. The summed E-state index contributed by atoms with van der Waals surface area (Å²) in [6, 6.07) is 7.91. The zero-order valence-electron chi connectivity index (χ0n) is 13.2. The molecule has 23 heavy (non-hydrogen) atoms. The Hall–Kier alpha value is -1.84. The number of furan rings is 1. The SMILES string of the molecule is Cc1coc2c1-c1sc(C)c(C)c1C(c1ccc(Cl)cc1)=NC2. The highest BCUT2D eigenvalue weighted by molar-refractivity contribution is 7.16. The lowest BCUT2D eigenvalue weighted by atomic mass is 9.96. The molecule has 1 aromatic carbocycles. The highest BCUT2D eigenvalue weighted by Gasteiger charge is 2.27. The molecule has 2 aromatic heterocycles. The van der Waals surface area contributed by atoms with Crippen molar-refractivity contribution < 1.29 is 4.42 Å². The minimum atomic E-state index is 0.570. The van der Waals surface area contributed by atoms with E-state index in [1.54, 1.807) is 0 Å². The zero-order chi connectivity index (χ0) is 16.1. The standard InChI is InChI=1S/C19H16ClNOS/c1-10-9-22-15-8-21-18(13-4-6-14(20)7-5-13)17-11(2)12(3)23-19(17)16(10)15/h4-7,9H,8H2,1-3H3. The first-order valence-corrected chi connectivity index (χ1v) is 8.73. The lowest BCUT2D eigenvalue weighted by molar-refractivity contribution is 0.513. The summed E-state index contributed by atoms with van der Waals surface area (Å²) >= 11 is 7.87. The van der Waals surface area contributed by atoms with Gasteiger partial charge in [0.1, 0.15) is 5.76 Å². The maximum Gasteiger partial charge on any atom is 0.134 e. The minimum Gasteiger partial charge on any atom is -0.466 e. The van der Waals surface area contributed by atoms with Crippen LogP contribution in [-0.4, -0.2) is 5.71 Å². The molecule has 0 aliphatic carbocycles. The summed E-state index contributed by atoms with van der Waals surface area (Å²) in [7, 11) is 0. The van der Waals surface area contributed by atoms with E-state index < -0.39 is 0 Å². The van der Waals surface area contributed by atoms with Gasteiger partial charge in [0.25, 0.3) is 0 Å². The van der Waals surface area contributed by atoms with Crippen LogP contribution in [0.25, 0.3) is 10.4 Å². The van der Waals surface area contributed by atoms with E-state index in [0.29, 0.717) is 6.54 Å². The molecule has 0 atom stereocenters. The molecule has 1 aliphatic rings. The van der Waals surface area contributed by atoms with Crippen LogP contribution in [0, 0.1) is 20.8 Å². The Bertz CT molecular complexity index is 931. The van der Waals surface area contributed by atoms with E-state index in [1.807, 2.05) is 41.9 Å². The highest BCUT2D eigenvalue weighted by atomic mass is 35.5. The fourth-order valence-electron chi connectivity index (χ4n) is 3.08. The van der Waals surface area contributed by atoms with Crippen molar-refractivity contribution in [3.05, 3.63) is 68.4 Å². The molecule has 3 aromatic rings. The molecule has 3 heterocycles. The maximum absolute atomic E-state index is 6.04. The van der Waals surface area contributed by atoms with Crippen molar-refractivity contribution in [3.63, 3.8) is 0 Å².